The first kappa shape index (κ1) is 13.0. The molecule has 0 fully saturated rings. The largest absolute Gasteiger partial charge is 0.280 e. The third kappa shape index (κ3) is 1.96. The van der Waals surface area contributed by atoms with E-state index in [0.717, 1.165) is 16.3 Å². The molecule has 5 heteroatoms. The molecule has 0 aliphatic heterocycles. The van der Waals surface area contributed by atoms with Gasteiger partial charge in [-0.15, -0.1) is 4.91 Å². The van der Waals surface area contributed by atoms with Crippen molar-refractivity contribution in [3.05, 3.63) is 70.7 Å². The van der Waals surface area contributed by atoms with E-state index in [-0.39, 0.29) is 5.82 Å². The Morgan fingerprint density at radius 2 is 1.82 bits per heavy atom. The van der Waals surface area contributed by atoms with E-state index in [2.05, 4.69) is 10.2 Å². The first-order chi connectivity index (χ1) is 10.8. The van der Waals surface area contributed by atoms with Gasteiger partial charge in [-0.3, -0.25) is 4.40 Å². The highest BCUT2D eigenvalue weighted by Crippen LogP contribution is 2.33. The van der Waals surface area contributed by atoms with E-state index in [0.29, 0.717) is 16.4 Å². The summed E-state index contributed by atoms with van der Waals surface area (Å²) < 4.78 is 1.61. The van der Waals surface area contributed by atoms with Gasteiger partial charge in [0.15, 0.2) is 0 Å². The highest BCUT2D eigenvalue weighted by Gasteiger charge is 2.15. The van der Waals surface area contributed by atoms with Gasteiger partial charge in [0.1, 0.15) is 11.3 Å². The summed E-state index contributed by atoms with van der Waals surface area (Å²) in [5.41, 5.74) is 2.05. The number of halogens is 1. The first-order valence-electron chi connectivity index (χ1n) is 6.76. The van der Waals surface area contributed by atoms with E-state index in [1.165, 1.54) is 0 Å². The van der Waals surface area contributed by atoms with Crippen molar-refractivity contribution in [3.8, 4) is 11.3 Å². The van der Waals surface area contributed by atoms with Gasteiger partial charge in [0.2, 0.25) is 5.82 Å². The summed E-state index contributed by atoms with van der Waals surface area (Å²) in [6, 6.07) is 17.5. The molecule has 4 nitrogen and oxygen atoms in total. The lowest BCUT2D eigenvalue weighted by atomic mass is 10.1. The quantitative estimate of drug-likeness (QED) is 0.477. The van der Waals surface area contributed by atoms with E-state index in [9.17, 15) is 4.91 Å². The van der Waals surface area contributed by atoms with Crippen LogP contribution in [0.25, 0.3) is 27.7 Å². The summed E-state index contributed by atoms with van der Waals surface area (Å²) in [6.45, 7) is 0. The summed E-state index contributed by atoms with van der Waals surface area (Å²) >= 11 is 5.99. The third-order valence-electron chi connectivity index (χ3n) is 3.67. The van der Waals surface area contributed by atoms with Crippen molar-refractivity contribution in [2.45, 2.75) is 0 Å². The number of hydrogen-bond acceptors (Lipinski definition) is 3. The molecule has 0 aliphatic carbocycles. The molecule has 0 N–H and O–H groups in total. The van der Waals surface area contributed by atoms with Gasteiger partial charge in [0.25, 0.3) is 0 Å². The maximum absolute atomic E-state index is 11.3. The molecule has 0 saturated carbocycles. The van der Waals surface area contributed by atoms with Crippen molar-refractivity contribution in [1.82, 2.24) is 9.38 Å². The molecule has 4 aromatic rings. The Morgan fingerprint density at radius 3 is 2.64 bits per heavy atom. The van der Waals surface area contributed by atoms with Gasteiger partial charge in [-0.25, -0.2) is 4.98 Å². The number of pyridine rings is 1. The lowest BCUT2D eigenvalue weighted by Gasteiger charge is -2.01. The Bertz CT molecular complexity index is 1020. The van der Waals surface area contributed by atoms with Gasteiger partial charge in [0, 0.05) is 11.8 Å². The third-order valence-corrected chi connectivity index (χ3v) is 3.89. The number of nitroso groups, excluding NO2 is 1. The Hall–Kier alpha value is -2.72. The van der Waals surface area contributed by atoms with E-state index < -0.39 is 0 Å². The fourth-order valence-electron chi connectivity index (χ4n) is 2.62. The van der Waals surface area contributed by atoms with Crippen LogP contribution in [0.2, 0.25) is 5.02 Å². The van der Waals surface area contributed by atoms with Crippen molar-refractivity contribution >= 4 is 33.8 Å². The van der Waals surface area contributed by atoms with Gasteiger partial charge in [-0.05, 0) is 34.1 Å². The summed E-state index contributed by atoms with van der Waals surface area (Å²) in [5, 5.41) is 5.90. The van der Waals surface area contributed by atoms with E-state index >= 15 is 0 Å². The Kier molecular flexibility index (Phi) is 2.91. The van der Waals surface area contributed by atoms with E-state index in [4.69, 9.17) is 11.6 Å². The van der Waals surface area contributed by atoms with Crippen LogP contribution in [0, 0.1) is 4.91 Å². The molecule has 0 spiro atoms. The van der Waals surface area contributed by atoms with Gasteiger partial charge >= 0.3 is 0 Å². The molecule has 4 rings (SSSR count). The number of imidazole rings is 1. The van der Waals surface area contributed by atoms with Crippen molar-refractivity contribution in [3.63, 3.8) is 0 Å². The molecule has 22 heavy (non-hydrogen) atoms. The predicted molar refractivity (Wildman–Crippen MR) is 88.6 cm³/mol. The second kappa shape index (κ2) is 4.93. The lowest BCUT2D eigenvalue weighted by molar-refractivity contribution is 1.16. The topological polar surface area (TPSA) is 46.7 Å². The maximum atomic E-state index is 11.3. The van der Waals surface area contributed by atoms with Gasteiger partial charge < -0.3 is 0 Å². The molecular formula is C17H10ClN3O. The second-order valence-corrected chi connectivity index (χ2v) is 5.45. The van der Waals surface area contributed by atoms with Crippen LogP contribution in [0.15, 0.2) is 66.0 Å². The lowest BCUT2D eigenvalue weighted by Crippen LogP contribution is -1.82. The number of benzene rings is 2. The molecule has 2 aromatic heterocycles. The fraction of sp³-hybridized carbons (Fsp3) is 0. The minimum atomic E-state index is 0.257. The molecule has 0 saturated heterocycles. The number of nitrogens with zero attached hydrogens (tertiary/aromatic N) is 3. The van der Waals surface area contributed by atoms with Gasteiger partial charge in [-0.2, -0.15) is 0 Å². The summed E-state index contributed by atoms with van der Waals surface area (Å²) in [5.74, 6) is 0.257. The summed E-state index contributed by atoms with van der Waals surface area (Å²) in [7, 11) is 0. The number of rotatable bonds is 2. The normalized spacial score (nSPS) is 11.1. The maximum Gasteiger partial charge on any atom is 0.209 e. The molecule has 0 bridgehead atoms. The zero-order valence-corrected chi connectivity index (χ0v) is 12.2. The molecule has 0 aliphatic rings. The van der Waals surface area contributed by atoms with Gasteiger partial charge in [-0.1, -0.05) is 48.0 Å². The highest BCUT2D eigenvalue weighted by molar-refractivity contribution is 6.30. The zero-order chi connectivity index (χ0) is 15.1. The molecule has 0 atom stereocenters. The molecule has 0 radical (unpaired) electrons. The highest BCUT2D eigenvalue weighted by atomic mass is 35.5. The van der Waals surface area contributed by atoms with Crippen LogP contribution in [0.4, 0.5) is 5.82 Å². The van der Waals surface area contributed by atoms with Crippen molar-refractivity contribution in [2.75, 3.05) is 0 Å². The minimum Gasteiger partial charge on any atom is -0.280 e. The first-order valence-corrected chi connectivity index (χ1v) is 7.14. The SMILES string of the molecule is O=Nc1c(-c2ccc3ccccc3c2)nc2ccc(Cl)cn12. The van der Waals surface area contributed by atoms with Crippen LogP contribution < -0.4 is 0 Å². The summed E-state index contributed by atoms with van der Waals surface area (Å²) in [6.07, 6.45) is 1.64. The van der Waals surface area contributed by atoms with Crippen LogP contribution in [-0.2, 0) is 0 Å². The van der Waals surface area contributed by atoms with Crippen molar-refractivity contribution < 1.29 is 0 Å². The predicted octanol–water partition coefficient (Wildman–Crippen LogP) is 5.21. The molecule has 2 aromatic carbocycles. The zero-order valence-electron chi connectivity index (χ0n) is 11.4. The van der Waals surface area contributed by atoms with Crippen LogP contribution >= 0.6 is 11.6 Å². The number of hydrogen-bond donors (Lipinski definition) is 0. The van der Waals surface area contributed by atoms with Crippen LogP contribution in [0.3, 0.4) is 0 Å². The standard InChI is InChI=1S/C17H10ClN3O/c18-14-7-8-15-19-16(17(20-22)21(15)10-14)13-6-5-11-3-1-2-4-12(11)9-13/h1-10H. The molecule has 106 valence electrons. The Balaban J connectivity index is 2.00. The van der Waals surface area contributed by atoms with Crippen LogP contribution in [-0.4, -0.2) is 9.38 Å². The number of aromatic nitrogens is 2. The second-order valence-electron chi connectivity index (χ2n) is 5.01. The number of fused-ring (bicyclic) bond motifs is 2. The monoisotopic (exact) mass is 307 g/mol. The van der Waals surface area contributed by atoms with Crippen molar-refractivity contribution in [1.29, 1.82) is 0 Å². The van der Waals surface area contributed by atoms with E-state index in [1.807, 2.05) is 42.5 Å². The van der Waals surface area contributed by atoms with Crippen molar-refractivity contribution in [2.24, 2.45) is 5.18 Å². The Labute approximate surface area is 131 Å². The molecule has 2 heterocycles. The van der Waals surface area contributed by atoms with Gasteiger partial charge in [0.05, 0.1) is 5.02 Å². The molecule has 0 amide bonds. The average molecular weight is 308 g/mol. The van der Waals surface area contributed by atoms with Crippen LogP contribution in [0.1, 0.15) is 0 Å². The average Bonchev–Trinajstić information content (AvgIpc) is 2.92. The minimum absolute atomic E-state index is 0.257. The smallest absolute Gasteiger partial charge is 0.209 e. The fourth-order valence-corrected chi connectivity index (χ4v) is 2.78. The summed E-state index contributed by atoms with van der Waals surface area (Å²) in [4.78, 5) is 15.8. The van der Waals surface area contributed by atoms with Crippen LogP contribution in [0.5, 0.6) is 0 Å². The molecular weight excluding hydrogens is 298 g/mol. The molecule has 0 unspecified atom stereocenters. The van der Waals surface area contributed by atoms with E-state index in [1.54, 1.807) is 22.7 Å². The Morgan fingerprint density at radius 1 is 1.00 bits per heavy atom.